The van der Waals surface area contributed by atoms with Gasteiger partial charge < -0.3 is 20.9 Å². The van der Waals surface area contributed by atoms with Crippen LogP contribution in [0.2, 0.25) is 0 Å². The third-order valence-corrected chi connectivity index (χ3v) is 4.53. The fraction of sp³-hybridized carbons (Fsp3) is 0.714. The number of hydrogen-bond acceptors (Lipinski definition) is 4. The van der Waals surface area contributed by atoms with Crippen LogP contribution >= 0.6 is 11.6 Å². The maximum absolute atomic E-state index is 12.2. The molecule has 4 amide bonds. The van der Waals surface area contributed by atoms with Crippen LogP contribution in [0.4, 0.5) is 0 Å². The zero-order valence-corrected chi connectivity index (χ0v) is 13.6. The van der Waals surface area contributed by atoms with E-state index in [1.165, 1.54) is 9.80 Å². The number of carbonyl (C=O) groups excluding carboxylic acids is 4. The third-order valence-electron chi connectivity index (χ3n) is 4.31. The van der Waals surface area contributed by atoms with E-state index in [2.05, 4.69) is 5.32 Å². The first-order valence-electron chi connectivity index (χ1n) is 7.67. The van der Waals surface area contributed by atoms with Gasteiger partial charge in [-0.1, -0.05) is 0 Å². The lowest BCUT2D eigenvalue weighted by molar-refractivity contribution is -0.139. The van der Waals surface area contributed by atoms with E-state index in [0.717, 1.165) is 6.42 Å². The van der Waals surface area contributed by atoms with Gasteiger partial charge in [0.1, 0.15) is 18.0 Å². The van der Waals surface area contributed by atoms with Crippen molar-refractivity contribution in [3.05, 3.63) is 0 Å². The van der Waals surface area contributed by atoms with Crippen molar-refractivity contribution >= 4 is 35.2 Å². The van der Waals surface area contributed by atoms with E-state index < -0.39 is 18.0 Å². The summed E-state index contributed by atoms with van der Waals surface area (Å²) in [6.45, 7) is 0.748. The zero-order chi connectivity index (χ0) is 17.0. The van der Waals surface area contributed by atoms with Crippen molar-refractivity contribution in [1.82, 2.24) is 15.1 Å². The first kappa shape index (κ1) is 17.5. The van der Waals surface area contributed by atoms with Crippen molar-refractivity contribution < 1.29 is 19.2 Å². The van der Waals surface area contributed by atoms with E-state index in [0.29, 0.717) is 32.4 Å². The molecule has 23 heavy (non-hydrogen) atoms. The Morgan fingerprint density at radius 2 is 1.57 bits per heavy atom. The minimum Gasteiger partial charge on any atom is -0.368 e. The Labute approximate surface area is 139 Å². The quantitative estimate of drug-likeness (QED) is 0.610. The largest absolute Gasteiger partial charge is 0.368 e. The number of hydrogen-bond donors (Lipinski definition) is 2. The van der Waals surface area contributed by atoms with E-state index in [1.54, 1.807) is 0 Å². The molecule has 0 aromatic heterocycles. The molecule has 2 saturated heterocycles. The minimum atomic E-state index is -0.597. The number of halogens is 1. The van der Waals surface area contributed by atoms with Gasteiger partial charge in [-0.2, -0.15) is 0 Å². The molecular weight excluding hydrogens is 324 g/mol. The summed E-state index contributed by atoms with van der Waals surface area (Å²) in [6.07, 6.45) is 2.55. The van der Waals surface area contributed by atoms with Gasteiger partial charge in [0.2, 0.25) is 23.6 Å². The highest BCUT2D eigenvalue weighted by Crippen LogP contribution is 2.19. The van der Waals surface area contributed by atoms with Crippen LogP contribution in [0, 0.1) is 0 Å². The molecule has 0 spiro atoms. The monoisotopic (exact) mass is 344 g/mol. The summed E-state index contributed by atoms with van der Waals surface area (Å²) >= 11 is 5.53. The molecule has 2 atom stereocenters. The molecule has 0 saturated carbocycles. The summed E-state index contributed by atoms with van der Waals surface area (Å²) in [6, 6.07) is -1.18. The van der Waals surface area contributed by atoms with Crippen molar-refractivity contribution in [3.63, 3.8) is 0 Å². The number of primary amides is 1. The van der Waals surface area contributed by atoms with Crippen LogP contribution in [0.15, 0.2) is 0 Å². The van der Waals surface area contributed by atoms with Gasteiger partial charge >= 0.3 is 0 Å². The fourth-order valence-corrected chi connectivity index (χ4v) is 3.31. The molecule has 128 valence electrons. The number of amides is 4. The van der Waals surface area contributed by atoms with Gasteiger partial charge in [-0.25, -0.2) is 0 Å². The molecule has 0 aromatic carbocycles. The predicted octanol–water partition coefficient (Wildman–Crippen LogP) is -1.19. The van der Waals surface area contributed by atoms with Crippen molar-refractivity contribution in [2.75, 3.05) is 25.5 Å². The summed E-state index contributed by atoms with van der Waals surface area (Å²) in [4.78, 5) is 50.2. The van der Waals surface area contributed by atoms with Crippen LogP contribution in [-0.4, -0.2) is 71.0 Å². The molecule has 2 rings (SSSR count). The SMILES string of the molecule is NC(=O)[C@@H]1CCCN1C(=O)CNC(=O)[C@@H]1CCCN1C(=O)CCl. The highest BCUT2D eigenvalue weighted by molar-refractivity contribution is 6.27. The van der Waals surface area contributed by atoms with Gasteiger partial charge in [0, 0.05) is 13.1 Å². The van der Waals surface area contributed by atoms with E-state index in [-0.39, 0.29) is 30.1 Å². The molecule has 0 radical (unpaired) electrons. The fourth-order valence-electron chi connectivity index (χ4n) is 3.16. The van der Waals surface area contributed by atoms with Crippen LogP contribution in [0.1, 0.15) is 25.7 Å². The molecule has 0 aliphatic carbocycles. The van der Waals surface area contributed by atoms with E-state index >= 15 is 0 Å². The molecule has 3 N–H and O–H groups in total. The van der Waals surface area contributed by atoms with E-state index in [4.69, 9.17) is 17.3 Å². The second-order valence-corrected chi connectivity index (χ2v) is 6.01. The predicted molar refractivity (Wildman–Crippen MR) is 82.4 cm³/mol. The van der Waals surface area contributed by atoms with Gasteiger partial charge in [0.15, 0.2) is 0 Å². The summed E-state index contributed by atoms with van der Waals surface area (Å²) in [5, 5.41) is 2.55. The van der Waals surface area contributed by atoms with Gasteiger partial charge in [0.05, 0.1) is 6.54 Å². The van der Waals surface area contributed by atoms with E-state index in [9.17, 15) is 19.2 Å². The lowest BCUT2D eigenvalue weighted by atomic mass is 10.2. The maximum atomic E-state index is 12.2. The highest BCUT2D eigenvalue weighted by Gasteiger charge is 2.35. The summed E-state index contributed by atoms with van der Waals surface area (Å²) in [5.41, 5.74) is 5.27. The van der Waals surface area contributed by atoms with Crippen LogP contribution in [-0.2, 0) is 19.2 Å². The lowest BCUT2D eigenvalue weighted by Gasteiger charge is -2.25. The van der Waals surface area contributed by atoms with Gasteiger partial charge in [-0.3, -0.25) is 19.2 Å². The first-order chi connectivity index (χ1) is 11.0. The number of nitrogens with one attached hydrogen (secondary N) is 1. The second kappa shape index (κ2) is 7.63. The van der Waals surface area contributed by atoms with Crippen LogP contribution in [0.5, 0.6) is 0 Å². The molecule has 0 aromatic rings. The third kappa shape index (κ3) is 3.93. The number of carbonyl (C=O) groups is 4. The lowest BCUT2D eigenvalue weighted by Crippen LogP contribution is -2.51. The topological polar surface area (TPSA) is 113 Å². The Hall–Kier alpha value is -1.83. The highest BCUT2D eigenvalue weighted by atomic mass is 35.5. The number of alkyl halides is 1. The number of nitrogens with zero attached hydrogens (tertiary/aromatic N) is 2. The zero-order valence-electron chi connectivity index (χ0n) is 12.8. The van der Waals surface area contributed by atoms with Crippen LogP contribution in [0.3, 0.4) is 0 Å². The normalized spacial score (nSPS) is 23.9. The molecule has 2 fully saturated rings. The van der Waals surface area contributed by atoms with Crippen molar-refractivity contribution in [1.29, 1.82) is 0 Å². The van der Waals surface area contributed by atoms with Crippen molar-refractivity contribution in [2.45, 2.75) is 37.8 Å². The standard InChI is InChI=1S/C14H21ClN4O4/c15-7-11(20)19-6-2-4-10(19)14(23)17-8-12(21)18-5-1-3-9(18)13(16)22/h9-10H,1-8H2,(H2,16,22)(H,17,23)/t9-,10-/m0/s1. The van der Waals surface area contributed by atoms with Gasteiger partial charge in [-0.15, -0.1) is 11.6 Å². The van der Waals surface area contributed by atoms with Crippen molar-refractivity contribution in [2.24, 2.45) is 5.73 Å². The minimum absolute atomic E-state index is 0.170. The van der Waals surface area contributed by atoms with E-state index in [1.807, 2.05) is 0 Å². The molecule has 2 aliphatic heterocycles. The molecule has 2 heterocycles. The Kier molecular flexibility index (Phi) is 5.81. The Bertz CT molecular complexity index is 513. The smallest absolute Gasteiger partial charge is 0.243 e. The molecule has 9 heteroatoms. The van der Waals surface area contributed by atoms with Gasteiger partial charge in [0.25, 0.3) is 0 Å². The summed E-state index contributed by atoms with van der Waals surface area (Å²) < 4.78 is 0. The molecule has 0 unspecified atom stereocenters. The second-order valence-electron chi connectivity index (χ2n) is 5.74. The first-order valence-corrected chi connectivity index (χ1v) is 8.21. The molecule has 8 nitrogen and oxygen atoms in total. The Morgan fingerprint density at radius 3 is 2.13 bits per heavy atom. The van der Waals surface area contributed by atoms with Crippen LogP contribution < -0.4 is 11.1 Å². The molecule has 2 aliphatic rings. The number of nitrogens with two attached hydrogens (primary N) is 1. The summed E-state index contributed by atoms with van der Waals surface area (Å²) in [7, 11) is 0. The Morgan fingerprint density at radius 1 is 1.00 bits per heavy atom. The number of likely N-dealkylation sites (tertiary alicyclic amines) is 2. The Balaban J connectivity index is 1.87. The van der Waals surface area contributed by atoms with Crippen LogP contribution in [0.25, 0.3) is 0 Å². The average Bonchev–Trinajstić information content (AvgIpc) is 3.19. The molecular formula is C14H21ClN4O4. The maximum Gasteiger partial charge on any atom is 0.243 e. The average molecular weight is 345 g/mol. The molecule has 0 bridgehead atoms. The van der Waals surface area contributed by atoms with Gasteiger partial charge in [-0.05, 0) is 25.7 Å². The number of rotatable bonds is 5. The van der Waals surface area contributed by atoms with Crippen molar-refractivity contribution in [3.8, 4) is 0 Å². The summed E-state index contributed by atoms with van der Waals surface area (Å²) in [5.74, 6) is -1.70.